The molecule has 6 nitrogen and oxygen atoms in total. The summed E-state index contributed by atoms with van der Waals surface area (Å²) < 4.78 is 7.99. The smallest absolute Gasteiger partial charge is 0.364 e. The fraction of sp³-hybridized carbons (Fsp3) is 0.273. The van der Waals surface area contributed by atoms with Crippen molar-refractivity contribution in [2.24, 2.45) is 4.99 Å². The summed E-state index contributed by atoms with van der Waals surface area (Å²) in [6, 6.07) is 7.25. The van der Waals surface area contributed by atoms with Gasteiger partial charge in [0.2, 0.25) is 0 Å². The summed E-state index contributed by atoms with van der Waals surface area (Å²) >= 11 is 1.42. The summed E-state index contributed by atoms with van der Waals surface area (Å²) in [5.74, 6) is 0. The van der Waals surface area contributed by atoms with Gasteiger partial charge in [0.15, 0.2) is 4.80 Å². The van der Waals surface area contributed by atoms with Crippen molar-refractivity contribution in [2.45, 2.75) is 6.73 Å². The summed E-state index contributed by atoms with van der Waals surface area (Å²) in [6.45, 7) is 0.336. The van der Waals surface area contributed by atoms with E-state index in [0.717, 1.165) is 10.2 Å². The number of para-hydroxylation sites is 1. The molecule has 7 heteroatoms. The van der Waals surface area contributed by atoms with Gasteiger partial charge in [-0.1, -0.05) is 23.5 Å². The van der Waals surface area contributed by atoms with Crippen LogP contribution in [-0.4, -0.2) is 24.8 Å². The monoisotopic (exact) mass is 267 g/mol. The molecule has 1 aromatic carbocycles. The zero-order chi connectivity index (χ0) is 13.0. The number of aromatic nitrogens is 1. The molecule has 0 spiro atoms. The van der Waals surface area contributed by atoms with Crippen LogP contribution < -0.4 is 10.3 Å². The first kappa shape index (κ1) is 12.7. The Hall–Kier alpha value is -1.70. The van der Waals surface area contributed by atoms with E-state index in [-0.39, 0.29) is 0 Å². The predicted molar refractivity (Wildman–Crippen MR) is 67.9 cm³/mol. The molecule has 1 N–H and O–H groups in total. The van der Waals surface area contributed by atoms with Crippen LogP contribution in [0.5, 0.6) is 0 Å². The predicted octanol–water partition coefficient (Wildman–Crippen LogP) is 1.48. The summed E-state index contributed by atoms with van der Waals surface area (Å²) in [5.41, 5.74) is 3.13. The molecule has 1 heterocycles. The maximum atomic E-state index is 11.4. The minimum absolute atomic E-state index is 0.336. The van der Waals surface area contributed by atoms with Crippen LogP contribution in [0.2, 0.25) is 0 Å². The number of hydroxylamine groups is 1. The van der Waals surface area contributed by atoms with Gasteiger partial charge in [-0.2, -0.15) is 4.99 Å². The topological polar surface area (TPSA) is 64.9 Å². The van der Waals surface area contributed by atoms with E-state index in [1.807, 2.05) is 28.8 Å². The number of ether oxygens (including phenoxy) is 1. The van der Waals surface area contributed by atoms with Gasteiger partial charge < -0.3 is 4.74 Å². The van der Waals surface area contributed by atoms with Gasteiger partial charge in [0.25, 0.3) is 0 Å². The number of hydrogen-bond acceptors (Lipinski definition) is 4. The Balaban J connectivity index is 2.55. The number of methoxy groups -OCH3 is 1. The van der Waals surface area contributed by atoms with E-state index >= 15 is 0 Å². The second-order valence-electron chi connectivity index (χ2n) is 3.42. The fourth-order valence-corrected chi connectivity index (χ4v) is 2.57. The van der Waals surface area contributed by atoms with Crippen LogP contribution in [0.1, 0.15) is 0 Å². The van der Waals surface area contributed by atoms with Crippen LogP contribution in [0.3, 0.4) is 0 Å². The minimum Gasteiger partial charge on any atom is -0.364 e. The Morgan fingerprint density at radius 2 is 2.22 bits per heavy atom. The van der Waals surface area contributed by atoms with E-state index in [0.29, 0.717) is 11.5 Å². The van der Waals surface area contributed by atoms with Gasteiger partial charge in [-0.05, 0) is 12.1 Å². The van der Waals surface area contributed by atoms with Crippen LogP contribution in [0.4, 0.5) is 4.79 Å². The number of rotatable bonds is 3. The van der Waals surface area contributed by atoms with Crippen molar-refractivity contribution in [3.05, 3.63) is 29.1 Å². The lowest BCUT2D eigenvalue weighted by Crippen LogP contribution is -2.24. The number of carbonyl (C=O) groups is 1. The highest BCUT2D eigenvalue weighted by Crippen LogP contribution is 2.16. The molecule has 0 aliphatic rings. The van der Waals surface area contributed by atoms with Gasteiger partial charge in [0.1, 0.15) is 6.73 Å². The number of nitrogens with one attached hydrogen (secondary N) is 1. The number of carbonyl (C=O) groups excluding carboxylic acids is 1. The summed E-state index contributed by atoms with van der Waals surface area (Å²) in [7, 11) is 2.96. The average molecular weight is 267 g/mol. The SMILES string of the molecule is COCn1c(=NC(=O)NOC)sc2ccccc21. The van der Waals surface area contributed by atoms with E-state index in [2.05, 4.69) is 15.3 Å². The summed E-state index contributed by atoms with van der Waals surface area (Å²) in [4.78, 5) is 20.4. The van der Waals surface area contributed by atoms with Gasteiger partial charge in [-0.25, -0.2) is 10.3 Å². The van der Waals surface area contributed by atoms with E-state index in [9.17, 15) is 4.79 Å². The fourth-order valence-electron chi connectivity index (χ4n) is 1.56. The molecule has 0 saturated heterocycles. The zero-order valence-electron chi connectivity index (χ0n) is 10.0. The molecule has 2 aromatic rings. The summed E-state index contributed by atoms with van der Waals surface area (Å²) in [5, 5.41) is 0. The molecule has 0 radical (unpaired) electrons. The molecule has 0 saturated carbocycles. The van der Waals surface area contributed by atoms with Crippen molar-refractivity contribution in [2.75, 3.05) is 14.2 Å². The quantitative estimate of drug-likeness (QED) is 0.857. The van der Waals surface area contributed by atoms with Gasteiger partial charge in [-0.3, -0.25) is 9.40 Å². The third-order valence-corrected chi connectivity index (χ3v) is 3.29. The maximum Gasteiger partial charge on any atom is 0.367 e. The van der Waals surface area contributed by atoms with Gasteiger partial charge in [0, 0.05) is 7.11 Å². The first-order valence-electron chi connectivity index (χ1n) is 5.21. The number of thiazole rings is 1. The largest absolute Gasteiger partial charge is 0.367 e. The maximum absolute atomic E-state index is 11.4. The highest BCUT2D eigenvalue weighted by atomic mass is 32.1. The molecule has 2 amide bonds. The molecule has 1 aromatic heterocycles. The van der Waals surface area contributed by atoms with Crippen molar-refractivity contribution < 1.29 is 14.4 Å². The number of nitrogens with zero attached hydrogens (tertiary/aromatic N) is 2. The van der Waals surface area contributed by atoms with Crippen molar-refractivity contribution >= 4 is 27.6 Å². The minimum atomic E-state index is -0.547. The number of urea groups is 1. The lowest BCUT2D eigenvalue weighted by Gasteiger charge is -2.02. The highest BCUT2D eigenvalue weighted by Gasteiger charge is 2.06. The molecule has 18 heavy (non-hydrogen) atoms. The lowest BCUT2D eigenvalue weighted by atomic mass is 10.3. The highest BCUT2D eigenvalue weighted by molar-refractivity contribution is 7.16. The molecule has 0 fully saturated rings. The lowest BCUT2D eigenvalue weighted by molar-refractivity contribution is 0.111. The second-order valence-corrected chi connectivity index (χ2v) is 4.43. The number of hydrogen-bond donors (Lipinski definition) is 1. The Labute approximate surface area is 107 Å². The first-order valence-corrected chi connectivity index (χ1v) is 6.03. The normalized spacial score (nSPS) is 12.0. The molecular formula is C11H13N3O3S. The molecule has 2 rings (SSSR count). The zero-order valence-corrected chi connectivity index (χ0v) is 10.9. The van der Waals surface area contributed by atoms with Crippen molar-refractivity contribution in [3.8, 4) is 0 Å². The van der Waals surface area contributed by atoms with Crippen molar-refractivity contribution in [1.29, 1.82) is 0 Å². The molecule has 96 valence electrons. The second kappa shape index (κ2) is 5.76. The van der Waals surface area contributed by atoms with E-state index in [1.54, 1.807) is 7.11 Å². The van der Waals surface area contributed by atoms with Gasteiger partial charge in [-0.15, -0.1) is 0 Å². The van der Waals surface area contributed by atoms with Crippen LogP contribution in [0.25, 0.3) is 10.2 Å². The van der Waals surface area contributed by atoms with Crippen LogP contribution in [0, 0.1) is 0 Å². The Kier molecular flexibility index (Phi) is 4.08. The first-order chi connectivity index (χ1) is 8.76. The van der Waals surface area contributed by atoms with E-state index < -0.39 is 6.03 Å². The average Bonchev–Trinajstić information content (AvgIpc) is 2.68. The Morgan fingerprint density at radius 1 is 1.44 bits per heavy atom. The molecule has 0 unspecified atom stereocenters. The third kappa shape index (κ3) is 2.58. The van der Waals surface area contributed by atoms with E-state index in [1.165, 1.54) is 18.4 Å². The molecule has 0 atom stereocenters. The van der Waals surface area contributed by atoms with Gasteiger partial charge >= 0.3 is 6.03 Å². The number of amides is 2. The summed E-state index contributed by atoms with van der Waals surface area (Å²) in [6.07, 6.45) is 0. The number of benzene rings is 1. The third-order valence-electron chi connectivity index (χ3n) is 2.23. The van der Waals surface area contributed by atoms with Crippen molar-refractivity contribution in [3.63, 3.8) is 0 Å². The van der Waals surface area contributed by atoms with Crippen LogP contribution >= 0.6 is 11.3 Å². The van der Waals surface area contributed by atoms with Gasteiger partial charge in [0.05, 0.1) is 17.3 Å². The van der Waals surface area contributed by atoms with E-state index in [4.69, 9.17) is 4.74 Å². The molecule has 0 aliphatic heterocycles. The van der Waals surface area contributed by atoms with Crippen LogP contribution in [-0.2, 0) is 16.3 Å². The standard InChI is InChI=1S/C11H13N3O3S/c1-16-7-14-8-5-3-4-6-9(8)18-11(14)12-10(15)13-17-2/h3-6H,7H2,1-2H3,(H,13,15). The Morgan fingerprint density at radius 3 is 2.94 bits per heavy atom. The Bertz CT molecular complexity index is 617. The molecule has 0 aliphatic carbocycles. The molecule has 0 bridgehead atoms. The number of fused-ring (bicyclic) bond motifs is 1. The molecular weight excluding hydrogens is 254 g/mol. The van der Waals surface area contributed by atoms with Crippen LogP contribution in [0.15, 0.2) is 29.3 Å². The van der Waals surface area contributed by atoms with Crippen molar-refractivity contribution in [1.82, 2.24) is 10.0 Å².